The Morgan fingerprint density at radius 1 is 1.62 bits per heavy atom. The number of ether oxygens (including phenoxy) is 1. The third kappa shape index (κ3) is 3.54. The Bertz CT molecular complexity index is 491. The fraction of sp³-hybridized carbons (Fsp3) is 0.571. The van der Waals surface area contributed by atoms with Crippen LogP contribution in [0.25, 0.3) is 0 Å². The van der Waals surface area contributed by atoms with Gasteiger partial charge >= 0.3 is 12.0 Å². The summed E-state index contributed by atoms with van der Waals surface area (Å²) in [6, 6.07) is 2.65. The molecule has 1 aromatic rings. The smallest absolute Gasteiger partial charge is 0.326 e. The number of nitrogens with zero attached hydrogens (tertiary/aromatic N) is 1. The molecule has 2 heterocycles. The Morgan fingerprint density at radius 2 is 2.38 bits per heavy atom. The van der Waals surface area contributed by atoms with Crippen molar-refractivity contribution in [3.63, 3.8) is 0 Å². The van der Waals surface area contributed by atoms with Crippen LogP contribution < -0.4 is 5.32 Å². The molecule has 1 aliphatic heterocycles. The van der Waals surface area contributed by atoms with Crippen molar-refractivity contribution in [1.82, 2.24) is 10.2 Å². The molecule has 7 heteroatoms. The van der Waals surface area contributed by atoms with Crippen molar-refractivity contribution in [1.29, 1.82) is 0 Å². The first kappa shape index (κ1) is 15.8. The van der Waals surface area contributed by atoms with E-state index in [1.54, 1.807) is 11.3 Å². The van der Waals surface area contributed by atoms with Gasteiger partial charge in [-0.15, -0.1) is 11.3 Å². The van der Waals surface area contributed by atoms with Crippen LogP contribution in [0, 0.1) is 0 Å². The summed E-state index contributed by atoms with van der Waals surface area (Å²) < 4.78 is 5.19. The Balaban J connectivity index is 2.06. The summed E-state index contributed by atoms with van der Waals surface area (Å²) in [6.45, 7) is 2.29. The van der Waals surface area contributed by atoms with E-state index in [0.29, 0.717) is 13.0 Å². The topological polar surface area (TPSA) is 78.9 Å². The molecule has 1 aliphatic rings. The molecule has 116 valence electrons. The van der Waals surface area contributed by atoms with Gasteiger partial charge in [-0.2, -0.15) is 0 Å². The molecule has 0 bridgehead atoms. The number of likely N-dealkylation sites (tertiary alicyclic amines) is 1. The molecule has 0 spiro atoms. The Hall–Kier alpha value is -1.60. The summed E-state index contributed by atoms with van der Waals surface area (Å²) in [4.78, 5) is 26.1. The van der Waals surface area contributed by atoms with E-state index in [1.807, 2.05) is 24.4 Å². The molecule has 6 nitrogen and oxygen atoms in total. The first-order valence-electron chi connectivity index (χ1n) is 6.93. The fourth-order valence-electron chi connectivity index (χ4n) is 2.52. The number of carbonyl (C=O) groups excluding carboxylic acids is 1. The van der Waals surface area contributed by atoms with Gasteiger partial charge in [0.1, 0.15) is 6.04 Å². The minimum Gasteiger partial charge on any atom is -0.480 e. The first-order valence-corrected chi connectivity index (χ1v) is 7.80. The number of aliphatic carboxylic acids is 1. The van der Waals surface area contributed by atoms with Gasteiger partial charge in [0.15, 0.2) is 0 Å². The van der Waals surface area contributed by atoms with Gasteiger partial charge in [0.25, 0.3) is 0 Å². The zero-order valence-electron chi connectivity index (χ0n) is 12.1. The highest BCUT2D eigenvalue weighted by Gasteiger charge is 2.40. The van der Waals surface area contributed by atoms with Gasteiger partial charge in [0.2, 0.25) is 0 Å². The van der Waals surface area contributed by atoms with Crippen LogP contribution in [0.1, 0.15) is 30.7 Å². The first-order chi connectivity index (χ1) is 10.1. The second kappa shape index (κ2) is 6.91. The van der Waals surface area contributed by atoms with Gasteiger partial charge in [0.05, 0.1) is 12.1 Å². The Labute approximate surface area is 127 Å². The SMILES string of the molecule is CCC(NC(=O)N1CC(OC)CC1C(=O)O)c1cccs1. The predicted octanol–water partition coefficient (Wildman–Crippen LogP) is 2.08. The molecule has 0 aromatic carbocycles. The van der Waals surface area contributed by atoms with Crippen LogP contribution in [0.4, 0.5) is 4.79 Å². The molecule has 21 heavy (non-hydrogen) atoms. The molecule has 0 radical (unpaired) electrons. The standard InChI is InChI=1S/C14H20N2O4S/c1-3-10(12-5-4-6-21-12)15-14(19)16-8-9(20-2)7-11(16)13(17)18/h4-6,9-11H,3,7-8H2,1-2H3,(H,15,19)(H,17,18). The summed E-state index contributed by atoms with van der Waals surface area (Å²) in [5.74, 6) is -0.992. The van der Waals surface area contributed by atoms with E-state index in [0.717, 1.165) is 11.3 Å². The van der Waals surface area contributed by atoms with Crippen molar-refractivity contribution >= 4 is 23.3 Å². The fourth-order valence-corrected chi connectivity index (χ4v) is 3.38. The van der Waals surface area contributed by atoms with Crippen LogP contribution in [-0.2, 0) is 9.53 Å². The molecular weight excluding hydrogens is 292 g/mol. The van der Waals surface area contributed by atoms with Gasteiger partial charge in [-0.1, -0.05) is 13.0 Å². The summed E-state index contributed by atoms with van der Waals surface area (Å²) in [5.41, 5.74) is 0. The summed E-state index contributed by atoms with van der Waals surface area (Å²) in [5, 5.41) is 14.1. The summed E-state index contributed by atoms with van der Waals surface area (Å²) in [7, 11) is 1.53. The van der Waals surface area contributed by atoms with Crippen LogP contribution in [0.5, 0.6) is 0 Å². The minimum absolute atomic E-state index is 0.0893. The predicted molar refractivity (Wildman–Crippen MR) is 79.4 cm³/mol. The van der Waals surface area contributed by atoms with Crippen molar-refractivity contribution in [2.24, 2.45) is 0 Å². The van der Waals surface area contributed by atoms with E-state index in [4.69, 9.17) is 4.74 Å². The van der Waals surface area contributed by atoms with Gasteiger partial charge in [0, 0.05) is 25.0 Å². The Kier molecular flexibility index (Phi) is 5.19. The monoisotopic (exact) mass is 312 g/mol. The number of carboxylic acid groups (broad SMARTS) is 1. The lowest BCUT2D eigenvalue weighted by Crippen LogP contribution is -2.47. The lowest BCUT2D eigenvalue weighted by Gasteiger charge is -2.25. The molecular formula is C14H20N2O4S. The van der Waals surface area contributed by atoms with Crippen LogP contribution in [0.3, 0.4) is 0 Å². The molecule has 2 rings (SSSR count). The van der Waals surface area contributed by atoms with Crippen LogP contribution >= 0.6 is 11.3 Å². The molecule has 2 N–H and O–H groups in total. The number of hydrogen-bond acceptors (Lipinski definition) is 4. The number of carbonyl (C=O) groups is 2. The van der Waals surface area contributed by atoms with Crippen LogP contribution in [0.2, 0.25) is 0 Å². The highest BCUT2D eigenvalue weighted by atomic mass is 32.1. The number of urea groups is 1. The molecule has 0 saturated carbocycles. The van der Waals surface area contributed by atoms with Crippen LogP contribution in [0.15, 0.2) is 17.5 Å². The van der Waals surface area contributed by atoms with Gasteiger partial charge < -0.3 is 20.1 Å². The normalized spacial score (nSPS) is 23.0. The van der Waals surface area contributed by atoms with Crippen molar-refractivity contribution < 1.29 is 19.4 Å². The maximum atomic E-state index is 12.4. The van der Waals surface area contributed by atoms with Gasteiger partial charge in [-0.05, 0) is 17.9 Å². The second-order valence-electron chi connectivity index (χ2n) is 5.03. The molecule has 1 fully saturated rings. The number of thiophene rings is 1. The highest BCUT2D eigenvalue weighted by molar-refractivity contribution is 7.10. The average Bonchev–Trinajstić information content (AvgIpc) is 3.13. The summed E-state index contributed by atoms with van der Waals surface area (Å²) in [6.07, 6.45) is 0.860. The second-order valence-corrected chi connectivity index (χ2v) is 6.00. The van der Waals surface area contributed by atoms with E-state index in [9.17, 15) is 14.7 Å². The zero-order valence-corrected chi connectivity index (χ0v) is 12.9. The van der Waals surface area contributed by atoms with Crippen molar-refractivity contribution in [2.45, 2.75) is 38.0 Å². The molecule has 3 unspecified atom stereocenters. The largest absolute Gasteiger partial charge is 0.480 e. The molecule has 0 aliphatic carbocycles. The Morgan fingerprint density at radius 3 is 2.90 bits per heavy atom. The zero-order chi connectivity index (χ0) is 15.4. The third-order valence-corrected chi connectivity index (χ3v) is 4.72. The molecule has 2 amide bonds. The van der Waals surface area contributed by atoms with Crippen molar-refractivity contribution in [2.75, 3.05) is 13.7 Å². The average molecular weight is 312 g/mol. The van der Waals surface area contributed by atoms with Crippen molar-refractivity contribution in [3.05, 3.63) is 22.4 Å². The molecule has 1 aromatic heterocycles. The number of amides is 2. The van der Waals surface area contributed by atoms with E-state index in [2.05, 4.69) is 5.32 Å². The van der Waals surface area contributed by atoms with E-state index < -0.39 is 12.0 Å². The maximum absolute atomic E-state index is 12.4. The lowest BCUT2D eigenvalue weighted by molar-refractivity contribution is -0.141. The van der Waals surface area contributed by atoms with Gasteiger partial charge in [-0.25, -0.2) is 9.59 Å². The lowest BCUT2D eigenvalue weighted by atomic mass is 10.2. The number of nitrogens with one attached hydrogen (secondary N) is 1. The number of hydrogen-bond donors (Lipinski definition) is 2. The number of rotatable bonds is 5. The quantitative estimate of drug-likeness (QED) is 0.872. The summed E-state index contributed by atoms with van der Waals surface area (Å²) >= 11 is 1.58. The number of methoxy groups -OCH3 is 1. The van der Waals surface area contributed by atoms with Crippen molar-refractivity contribution in [3.8, 4) is 0 Å². The van der Waals surface area contributed by atoms with Gasteiger partial charge in [-0.3, -0.25) is 0 Å². The third-order valence-electron chi connectivity index (χ3n) is 3.73. The minimum atomic E-state index is -0.992. The van der Waals surface area contributed by atoms with E-state index in [1.165, 1.54) is 12.0 Å². The van der Waals surface area contributed by atoms with E-state index in [-0.39, 0.29) is 18.2 Å². The van der Waals surface area contributed by atoms with E-state index >= 15 is 0 Å². The molecule has 3 atom stereocenters. The maximum Gasteiger partial charge on any atom is 0.326 e. The molecule has 1 saturated heterocycles. The highest BCUT2D eigenvalue weighted by Crippen LogP contribution is 2.24. The number of carboxylic acids is 1. The van der Waals surface area contributed by atoms with Crippen LogP contribution in [-0.4, -0.2) is 47.8 Å².